The van der Waals surface area contributed by atoms with E-state index in [1.54, 1.807) is 0 Å². The summed E-state index contributed by atoms with van der Waals surface area (Å²) in [4.78, 5) is 3.36. The van der Waals surface area contributed by atoms with Gasteiger partial charge in [0.1, 0.15) is 5.82 Å². The number of pyridine rings is 1. The Labute approximate surface area is 175 Å². The molecule has 31 heavy (non-hydrogen) atoms. The second kappa shape index (κ2) is 8.37. The van der Waals surface area contributed by atoms with Crippen molar-refractivity contribution in [2.24, 2.45) is 5.14 Å². The van der Waals surface area contributed by atoms with Crippen LogP contribution in [-0.4, -0.2) is 20.0 Å². The summed E-state index contributed by atoms with van der Waals surface area (Å²) in [6, 6.07) is 10.6. The van der Waals surface area contributed by atoms with E-state index in [2.05, 4.69) is 10.9 Å². The van der Waals surface area contributed by atoms with Crippen molar-refractivity contribution in [2.75, 3.05) is 6.61 Å². The highest BCUT2D eigenvalue weighted by Crippen LogP contribution is 2.43. The van der Waals surface area contributed by atoms with Gasteiger partial charge in [0.05, 0.1) is 4.90 Å². The number of primary sulfonamides is 1. The number of nitrogens with zero attached hydrogens (tertiary/aromatic N) is 1. The summed E-state index contributed by atoms with van der Waals surface area (Å²) in [6.07, 6.45) is 0.232. The molecule has 3 rings (SSSR count). The number of terminal acetylenes is 1. The molecule has 2 N–H and O–H groups in total. The first kappa shape index (κ1) is 22.3. The van der Waals surface area contributed by atoms with Gasteiger partial charge in [-0.2, -0.15) is 13.2 Å². The molecule has 1 heterocycles. The Kier molecular flexibility index (Phi) is 6.01. The van der Waals surface area contributed by atoms with Crippen molar-refractivity contribution in [3.05, 3.63) is 66.1 Å². The second-order valence-corrected chi connectivity index (χ2v) is 7.86. The fraction of sp³-hybridized carbons (Fsp3) is 0.0952. The van der Waals surface area contributed by atoms with Crippen LogP contribution in [0.4, 0.5) is 17.6 Å². The number of nitrogens with two attached hydrogens (primary N) is 1. The molecule has 5 nitrogen and oxygen atoms in total. The second-order valence-electron chi connectivity index (χ2n) is 6.30. The van der Waals surface area contributed by atoms with Gasteiger partial charge in [0.2, 0.25) is 15.9 Å². The van der Waals surface area contributed by atoms with Crippen molar-refractivity contribution in [1.29, 1.82) is 0 Å². The number of alkyl halides is 3. The maximum Gasteiger partial charge on any atom is 0.434 e. The van der Waals surface area contributed by atoms with E-state index in [1.165, 1.54) is 30.3 Å². The van der Waals surface area contributed by atoms with Crippen molar-refractivity contribution >= 4 is 10.0 Å². The van der Waals surface area contributed by atoms with Crippen LogP contribution < -0.4 is 9.88 Å². The fourth-order valence-electron chi connectivity index (χ4n) is 2.88. The Morgan fingerprint density at radius 1 is 1.03 bits per heavy atom. The van der Waals surface area contributed by atoms with Crippen molar-refractivity contribution in [3.8, 4) is 40.5 Å². The van der Waals surface area contributed by atoms with E-state index in [-0.39, 0.29) is 39.6 Å². The summed E-state index contributed by atoms with van der Waals surface area (Å²) in [6.45, 7) is -0.315. The summed E-state index contributed by atoms with van der Waals surface area (Å²) < 4.78 is 83.2. The average molecular weight is 450 g/mol. The lowest BCUT2D eigenvalue weighted by molar-refractivity contribution is -0.140. The number of hydrogen-bond acceptors (Lipinski definition) is 4. The Hall–Kier alpha value is -3.42. The van der Waals surface area contributed by atoms with Crippen molar-refractivity contribution in [3.63, 3.8) is 0 Å². The van der Waals surface area contributed by atoms with E-state index in [4.69, 9.17) is 16.3 Å². The van der Waals surface area contributed by atoms with Crippen LogP contribution >= 0.6 is 0 Å². The molecule has 0 fully saturated rings. The third kappa shape index (κ3) is 5.02. The number of halogens is 4. The third-order valence-electron chi connectivity index (χ3n) is 4.19. The van der Waals surface area contributed by atoms with E-state index in [0.717, 1.165) is 24.3 Å². The van der Waals surface area contributed by atoms with Crippen LogP contribution in [0.2, 0.25) is 0 Å². The molecule has 0 unspecified atom stereocenters. The van der Waals surface area contributed by atoms with E-state index in [1.807, 2.05) is 0 Å². The molecule has 160 valence electrons. The number of rotatable bonds is 5. The predicted molar refractivity (Wildman–Crippen MR) is 106 cm³/mol. The Bertz CT molecular complexity index is 1250. The lowest BCUT2D eigenvalue weighted by Crippen LogP contribution is -2.13. The fourth-order valence-corrected chi connectivity index (χ4v) is 3.39. The average Bonchev–Trinajstić information content (AvgIpc) is 2.71. The highest BCUT2D eigenvalue weighted by molar-refractivity contribution is 7.89. The number of benzene rings is 2. The minimum absolute atomic E-state index is 0.0296. The first-order valence-corrected chi connectivity index (χ1v) is 10.1. The smallest absolute Gasteiger partial charge is 0.434 e. The predicted octanol–water partition coefficient (Wildman–Crippen LogP) is 4.23. The maximum absolute atomic E-state index is 13.9. The van der Waals surface area contributed by atoms with Gasteiger partial charge >= 0.3 is 6.18 Å². The van der Waals surface area contributed by atoms with Gasteiger partial charge in [0.15, 0.2) is 12.3 Å². The van der Waals surface area contributed by atoms with E-state index in [0.29, 0.717) is 0 Å². The van der Waals surface area contributed by atoms with Crippen molar-refractivity contribution < 1.29 is 30.7 Å². The molecule has 0 saturated heterocycles. The van der Waals surface area contributed by atoms with Gasteiger partial charge in [-0.15, -0.1) is 6.42 Å². The highest BCUT2D eigenvalue weighted by atomic mass is 32.2. The standard InChI is InChI=1S/C21H14F4N2O3S/c1-2-11-30-18-12-17(13-5-9-16(10-6-13)31(26,28)29)19(20(27-18)21(23,24)25)14-3-7-15(22)8-4-14/h1,3-10,12H,11H2,(H2,26,28,29). The summed E-state index contributed by atoms with van der Waals surface area (Å²) >= 11 is 0. The Morgan fingerprint density at radius 2 is 1.61 bits per heavy atom. The van der Waals surface area contributed by atoms with Crippen LogP contribution in [0.5, 0.6) is 5.88 Å². The quantitative estimate of drug-likeness (QED) is 0.466. The molecule has 1 aromatic heterocycles. The van der Waals surface area contributed by atoms with E-state index in [9.17, 15) is 26.0 Å². The van der Waals surface area contributed by atoms with Gasteiger partial charge in [-0.25, -0.2) is 22.9 Å². The minimum Gasteiger partial charge on any atom is -0.464 e. The molecule has 2 aromatic carbocycles. The van der Waals surface area contributed by atoms with Crippen molar-refractivity contribution in [1.82, 2.24) is 4.98 Å². The molecule has 0 spiro atoms. The maximum atomic E-state index is 13.9. The van der Waals surface area contributed by atoms with Crippen LogP contribution in [-0.2, 0) is 16.2 Å². The molecule has 0 aliphatic heterocycles. The van der Waals surface area contributed by atoms with E-state index < -0.39 is 27.7 Å². The monoisotopic (exact) mass is 450 g/mol. The molecule has 3 aromatic rings. The summed E-state index contributed by atoms with van der Waals surface area (Å²) in [7, 11) is -4.00. The third-order valence-corrected chi connectivity index (χ3v) is 5.12. The van der Waals surface area contributed by atoms with E-state index >= 15 is 0 Å². The first-order valence-electron chi connectivity index (χ1n) is 8.58. The number of sulfonamides is 1. The molecule has 0 atom stereocenters. The van der Waals surface area contributed by atoms with Crippen LogP contribution in [0, 0.1) is 18.2 Å². The van der Waals surface area contributed by atoms with Gasteiger partial charge in [-0.05, 0) is 41.0 Å². The summed E-state index contributed by atoms with van der Waals surface area (Å²) in [5.41, 5.74) is -1.29. The molecular weight excluding hydrogens is 436 g/mol. The van der Waals surface area contributed by atoms with Gasteiger partial charge < -0.3 is 4.74 Å². The largest absolute Gasteiger partial charge is 0.464 e. The topological polar surface area (TPSA) is 82.3 Å². The van der Waals surface area contributed by atoms with Crippen LogP contribution in [0.3, 0.4) is 0 Å². The zero-order valence-corrected chi connectivity index (χ0v) is 16.5. The van der Waals surface area contributed by atoms with Gasteiger partial charge in [-0.3, -0.25) is 0 Å². The number of ether oxygens (including phenoxy) is 1. The number of aromatic nitrogens is 1. The zero-order chi connectivity index (χ0) is 22.8. The van der Waals surface area contributed by atoms with Crippen LogP contribution in [0.1, 0.15) is 5.69 Å². The van der Waals surface area contributed by atoms with Gasteiger partial charge in [-0.1, -0.05) is 30.2 Å². The van der Waals surface area contributed by atoms with Gasteiger partial charge in [0.25, 0.3) is 0 Å². The zero-order valence-electron chi connectivity index (χ0n) is 15.7. The van der Waals surface area contributed by atoms with Crippen LogP contribution in [0.25, 0.3) is 22.3 Å². The summed E-state index contributed by atoms with van der Waals surface area (Å²) in [5.74, 6) is 1.14. The molecule has 0 bridgehead atoms. The molecule has 10 heteroatoms. The molecule has 0 saturated carbocycles. The Morgan fingerprint density at radius 3 is 2.13 bits per heavy atom. The molecule has 0 aliphatic carbocycles. The van der Waals surface area contributed by atoms with Crippen molar-refractivity contribution in [2.45, 2.75) is 11.1 Å². The Balaban J connectivity index is 2.33. The van der Waals surface area contributed by atoms with Crippen LogP contribution in [0.15, 0.2) is 59.5 Å². The lowest BCUT2D eigenvalue weighted by atomic mass is 9.93. The molecular formula is C21H14F4N2O3S. The summed E-state index contributed by atoms with van der Waals surface area (Å²) in [5, 5.41) is 5.08. The lowest BCUT2D eigenvalue weighted by Gasteiger charge is -2.18. The SMILES string of the molecule is C#CCOc1cc(-c2ccc(S(N)(=O)=O)cc2)c(-c2ccc(F)cc2)c(C(F)(F)F)n1. The first-order chi connectivity index (χ1) is 14.5. The molecule has 0 amide bonds. The highest BCUT2D eigenvalue weighted by Gasteiger charge is 2.38. The molecule has 0 aliphatic rings. The number of hydrogen-bond donors (Lipinski definition) is 1. The van der Waals surface area contributed by atoms with Gasteiger partial charge in [0, 0.05) is 11.6 Å². The minimum atomic E-state index is -4.88. The normalized spacial score (nSPS) is 11.7. The molecule has 0 radical (unpaired) electrons.